The standard InChI is InChI=1S/C11H17N3/c1-2-7-12-11-9(6-1)10(13-14-11)8-4-3-5-8/h8H,1-7H2,(H2,12,13,14). The topological polar surface area (TPSA) is 40.7 Å². The van der Waals surface area contributed by atoms with Crippen LogP contribution in [0.4, 0.5) is 5.82 Å². The Morgan fingerprint density at radius 3 is 2.86 bits per heavy atom. The number of rotatable bonds is 1. The fraction of sp³-hybridized carbons (Fsp3) is 0.727. The number of hydrogen-bond donors (Lipinski definition) is 2. The van der Waals surface area contributed by atoms with Gasteiger partial charge in [-0.25, -0.2) is 0 Å². The van der Waals surface area contributed by atoms with Crippen molar-refractivity contribution >= 4 is 5.82 Å². The van der Waals surface area contributed by atoms with E-state index in [1.54, 1.807) is 0 Å². The summed E-state index contributed by atoms with van der Waals surface area (Å²) in [5.41, 5.74) is 2.91. The van der Waals surface area contributed by atoms with Crippen LogP contribution in [0.15, 0.2) is 0 Å². The highest BCUT2D eigenvalue weighted by molar-refractivity contribution is 5.48. The molecule has 2 aliphatic rings. The van der Waals surface area contributed by atoms with Gasteiger partial charge >= 0.3 is 0 Å². The Morgan fingerprint density at radius 1 is 1.14 bits per heavy atom. The van der Waals surface area contributed by atoms with E-state index in [0.29, 0.717) is 0 Å². The second-order valence-electron chi connectivity index (χ2n) is 4.48. The van der Waals surface area contributed by atoms with Crippen LogP contribution in [0.3, 0.4) is 0 Å². The number of aromatic amines is 1. The van der Waals surface area contributed by atoms with Crippen molar-refractivity contribution in [2.45, 2.75) is 44.4 Å². The summed E-state index contributed by atoms with van der Waals surface area (Å²) in [6.45, 7) is 1.09. The summed E-state index contributed by atoms with van der Waals surface area (Å²) < 4.78 is 0. The van der Waals surface area contributed by atoms with Crippen LogP contribution in [0.1, 0.15) is 49.3 Å². The molecule has 3 rings (SSSR count). The number of hydrogen-bond acceptors (Lipinski definition) is 2. The van der Waals surface area contributed by atoms with E-state index in [1.165, 1.54) is 49.8 Å². The molecule has 2 heterocycles. The summed E-state index contributed by atoms with van der Waals surface area (Å²) in [6, 6.07) is 0. The molecule has 0 saturated heterocycles. The SMILES string of the molecule is C1CCc2c(n[nH]c2C2CCC2)NC1. The molecule has 0 unspecified atom stereocenters. The van der Waals surface area contributed by atoms with Gasteiger partial charge in [-0.1, -0.05) is 6.42 Å². The van der Waals surface area contributed by atoms with Crippen LogP contribution < -0.4 is 5.32 Å². The lowest BCUT2D eigenvalue weighted by Gasteiger charge is -2.25. The molecule has 0 radical (unpaired) electrons. The predicted octanol–water partition coefficient (Wildman–Crippen LogP) is 2.43. The van der Waals surface area contributed by atoms with E-state index < -0.39 is 0 Å². The molecule has 1 aliphatic carbocycles. The second kappa shape index (κ2) is 3.30. The molecule has 0 spiro atoms. The average Bonchev–Trinajstić information content (AvgIpc) is 2.36. The molecule has 0 amide bonds. The second-order valence-corrected chi connectivity index (χ2v) is 4.48. The maximum atomic E-state index is 4.38. The molecule has 1 fully saturated rings. The normalized spacial score (nSPS) is 22.0. The van der Waals surface area contributed by atoms with E-state index in [4.69, 9.17) is 0 Å². The Hall–Kier alpha value is -0.990. The molecule has 76 valence electrons. The maximum Gasteiger partial charge on any atom is 0.151 e. The highest BCUT2D eigenvalue weighted by Gasteiger charge is 2.26. The lowest BCUT2D eigenvalue weighted by Crippen LogP contribution is -2.11. The van der Waals surface area contributed by atoms with Crippen molar-refractivity contribution in [3.05, 3.63) is 11.3 Å². The molecule has 0 aromatic carbocycles. The van der Waals surface area contributed by atoms with Crippen LogP contribution in [0, 0.1) is 0 Å². The van der Waals surface area contributed by atoms with Gasteiger partial charge < -0.3 is 5.32 Å². The lowest BCUT2D eigenvalue weighted by molar-refractivity contribution is 0.408. The molecule has 2 N–H and O–H groups in total. The number of aromatic nitrogens is 2. The van der Waals surface area contributed by atoms with Crippen molar-refractivity contribution in [1.82, 2.24) is 10.2 Å². The average molecular weight is 191 g/mol. The molecule has 1 aromatic heterocycles. The third-order valence-corrected chi connectivity index (χ3v) is 3.56. The van der Waals surface area contributed by atoms with Crippen molar-refractivity contribution in [3.8, 4) is 0 Å². The number of nitrogens with zero attached hydrogens (tertiary/aromatic N) is 1. The van der Waals surface area contributed by atoms with E-state index in [-0.39, 0.29) is 0 Å². The first-order chi connectivity index (χ1) is 6.95. The van der Waals surface area contributed by atoms with Crippen LogP contribution in [0.5, 0.6) is 0 Å². The van der Waals surface area contributed by atoms with Crippen LogP contribution in [-0.2, 0) is 6.42 Å². The molecular formula is C11H17N3. The smallest absolute Gasteiger partial charge is 0.151 e. The first-order valence-electron chi connectivity index (χ1n) is 5.76. The highest BCUT2D eigenvalue weighted by Crippen LogP contribution is 2.39. The van der Waals surface area contributed by atoms with E-state index in [2.05, 4.69) is 15.5 Å². The minimum Gasteiger partial charge on any atom is -0.368 e. The molecule has 0 bridgehead atoms. The maximum absolute atomic E-state index is 4.38. The Kier molecular flexibility index (Phi) is 1.96. The minimum absolute atomic E-state index is 0.783. The summed E-state index contributed by atoms with van der Waals surface area (Å²) in [7, 11) is 0. The van der Waals surface area contributed by atoms with Gasteiger partial charge in [0, 0.05) is 23.7 Å². The largest absolute Gasteiger partial charge is 0.368 e. The van der Waals surface area contributed by atoms with E-state index in [0.717, 1.165) is 18.3 Å². The number of nitrogens with one attached hydrogen (secondary N) is 2. The first-order valence-corrected chi connectivity index (χ1v) is 5.76. The van der Waals surface area contributed by atoms with Crippen molar-refractivity contribution < 1.29 is 0 Å². The van der Waals surface area contributed by atoms with Gasteiger partial charge in [0.1, 0.15) is 0 Å². The van der Waals surface area contributed by atoms with Gasteiger partial charge in [0.15, 0.2) is 5.82 Å². The third-order valence-electron chi connectivity index (χ3n) is 3.56. The summed E-state index contributed by atoms with van der Waals surface area (Å²) in [5.74, 6) is 1.91. The van der Waals surface area contributed by atoms with E-state index in [1.807, 2.05) is 0 Å². The van der Waals surface area contributed by atoms with Gasteiger partial charge in [-0.05, 0) is 32.1 Å². The summed E-state index contributed by atoms with van der Waals surface area (Å²) in [6.07, 6.45) is 7.90. The zero-order valence-corrected chi connectivity index (χ0v) is 8.47. The fourth-order valence-corrected chi connectivity index (χ4v) is 2.45. The molecule has 3 heteroatoms. The van der Waals surface area contributed by atoms with Crippen molar-refractivity contribution in [3.63, 3.8) is 0 Å². The zero-order chi connectivity index (χ0) is 9.38. The van der Waals surface area contributed by atoms with Gasteiger partial charge in [-0.15, -0.1) is 0 Å². The first kappa shape index (κ1) is 8.33. The van der Waals surface area contributed by atoms with Gasteiger partial charge in [0.25, 0.3) is 0 Å². The fourth-order valence-electron chi connectivity index (χ4n) is 2.45. The monoisotopic (exact) mass is 191 g/mol. The van der Waals surface area contributed by atoms with Gasteiger partial charge in [-0.2, -0.15) is 5.10 Å². The number of H-pyrrole nitrogens is 1. The van der Waals surface area contributed by atoms with Crippen LogP contribution >= 0.6 is 0 Å². The molecule has 14 heavy (non-hydrogen) atoms. The van der Waals surface area contributed by atoms with E-state index in [9.17, 15) is 0 Å². The Balaban J connectivity index is 1.92. The van der Waals surface area contributed by atoms with Crippen molar-refractivity contribution in [2.24, 2.45) is 0 Å². The molecule has 0 atom stereocenters. The summed E-state index contributed by atoms with van der Waals surface area (Å²) in [4.78, 5) is 0. The molecule has 1 aromatic rings. The number of anilines is 1. The Labute approximate surface area is 84.3 Å². The molecule has 1 aliphatic heterocycles. The van der Waals surface area contributed by atoms with Gasteiger partial charge in [0.2, 0.25) is 0 Å². The minimum atomic E-state index is 0.783. The third kappa shape index (κ3) is 1.22. The number of fused-ring (bicyclic) bond motifs is 1. The zero-order valence-electron chi connectivity index (χ0n) is 8.47. The molecule has 1 saturated carbocycles. The van der Waals surface area contributed by atoms with E-state index >= 15 is 0 Å². The van der Waals surface area contributed by atoms with Gasteiger partial charge in [-0.3, -0.25) is 5.10 Å². The van der Waals surface area contributed by atoms with Crippen LogP contribution in [0.25, 0.3) is 0 Å². The van der Waals surface area contributed by atoms with Crippen molar-refractivity contribution in [1.29, 1.82) is 0 Å². The quantitative estimate of drug-likeness (QED) is 0.715. The summed E-state index contributed by atoms with van der Waals surface area (Å²) in [5, 5.41) is 11.0. The highest BCUT2D eigenvalue weighted by atomic mass is 15.2. The predicted molar refractivity (Wildman–Crippen MR) is 56.6 cm³/mol. The Bertz CT molecular complexity index is 325. The summed E-state index contributed by atoms with van der Waals surface area (Å²) >= 11 is 0. The lowest BCUT2D eigenvalue weighted by atomic mass is 9.81. The van der Waals surface area contributed by atoms with Crippen LogP contribution in [0.2, 0.25) is 0 Å². The molecule has 3 nitrogen and oxygen atoms in total. The van der Waals surface area contributed by atoms with Crippen molar-refractivity contribution in [2.75, 3.05) is 11.9 Å². The van der Waals surface area contributed by atoms with Crippen LogP contribution in [-0.4, -0.2) is 16.7 Å². The van der Waals surface area contributed by atoms with Gasteiger partial charge in [0.05, 0.1) is 0 Å². The Morgan fingerprint density at radius 2 is 2.07 bits per heavy atom. The molecular weight excluding hydrogens is 174 g/mol.